The first-order valence-corrected chi connectivity index (χ1v) is 9.68. The van der Waals surface area contributed by atoms with Crippen LogP contribution in [0, 0.1) is 0 Å². The van der Waals surface area contributed by atoms with E-state index in [4.69, 9.17) is 4.98 Å². The van der Waals surface area contributed by atoms with Gasteiger partial charge in [0.15, 0.2) is 10.0 Å². The number of fused-ring (bicyclic) bond motifs is 5. The van der Waals surface area contributed by atoms with Gasteiger partial charge in [0.05, 0.1) is 10.2 Å². The molecule has 0 N–H and O–H groups in total. The Labute approximate surface area is 142 Å². The fraction of sp³-hybridized carbons (Fsp3) is 0.438. The van der Waals surface area contributed by atoms with Crippen molar-refractivity contribution in [2.24, 2.45) is 0 Å². The Morgan fingerprint density at radius 2 is 1.78 bits per heavy atom. The summed E-state index contributed by atoms with van der Waals surface area (Å²) in [5.41, 5.74) is 1.05. The minimum absolute atomic E-state index is 0.630. The van der Waals surface area contributed by atoms with Gasteiger partial charge in [0.1, 0.15) is 0 Å². The van der Waals surface area contributed by atoms with Crippen LogP contribution in [0.4, 0.5) is 5.13 Å². The van der Waals surface area contributed by atoms with Crippen LogP contribution >= 0.6 is 22.7 Å². The molecule has 23 heavy (non-hydrogen) atoms. The van der Waals surface area contributed by atoms with Crippen molar-refractivity contribution in [3.05, 3.63) is 24.3 Å². The van der Waals surface area contributed by atoms with Crippen LogP contribution < -0.4 is 4.90 Å². The topological polar surface area (TPSA) is 45.2 Å². The summed E-state index contributed by atoms with van der Waals surface area (Å²) in [7, 11) is 0. The minimum Gasteiger partial charge on any atom is -0.342 e. The van der Waals surface area contributed by atoms with Crippen LogP contribution in [0.25, 0.3) is 20.2 Å². The van der Waals surface area contributed by atoms with Crippen molar-refractivity contribution in [2.45, 2.75) is 18.9 Å². The minimum atomic E-state index is 0.630. The molecule has 1 aromatic carbocycles. The lowest BCUT2D eigenvalue weighted by atomic mass is 10.1. The molecule has 0 saturated carbocycles. The van der Waals surface area contributed by atoms with Crippen molar-refractivity contribution < 1.29 is 0 Å². The predicted molar refractivity (Wildman–Crippen MR) is 95.3 cm³/mol. The highest BCUT2D eigenvalue weighted by Gasteiger charge is 2.31. The average molecular weight is 343 g/mol. The summed E-state index contributed by atoms with van der Waals surface area (Å²) in [6, 6.07) is 8.88. The maximum Gasteiger partial charge on any atom is 0.208 e. The second-order valence-corrected chi connectivity index (χ2v) is 8.13. The summed E-state index contributed by atoms with van der Waals surface area (Å²) in [6.07, 6.45) is 2.49. The summed E-state index contributed by atoms with van der Waals surface area (Å²) in [5, 5.41) is 11.9. The van der Waals surface area contributed by atoms with Gasteiger partial charge in [-0.1, -0.05) is 23.5 Å². The van der Waals surface area contributed by atoms with Crippen LogP contribution in [0.3, 0.4) is 0 Å². The monoisotopic (exact) mass is 343 g/mol. The van der Waals surface area contributed by atoms with E-state index in [9.17, 15) is 0 Å². The van der Waals surface area contributed by atoms with Gasteiger partial charge < -0.3 is 9.80 Å². The second kappa shape index (κ2) is 5.51. The Balaban J connectivity index is 1.47. The van der Waals surface area contributed by atoms with Gasteiger partial charge in [0.25, 0.3) is 0 Å². The van der Waals surface area contributed by atoms with E-state index in [0.717, 1.165) is 33.8 Å². The summed E-state index contributed by atoms with van der Waals surface area (Å²) in [5.74, 6) is 0. The first-order valence-electron chi connectivity index (χ1n) is 8.05. The van der Waals surface area contributed by atoms with E-state index < -0.39 is 0 Å². The molecule has 3 fully saturated rings. The molecular weight excluding hydrogens is 326 g/mol. The summed E-state index contributed by atoms with van der Waals surface area (Å²) < 4.78 is 1.21. The molecule has 2 aromatic heterocycles. The lowest BCUT2D eigenvalue weighted by Crippen LogP contribution is -2.37. The average Bonchev–Trinajstić information content (AvgIpc) is 3.14. The molecule has 6 rings (SSSR count). The van der Waals surface area contributed by atoms with Gasteiger partial charge in [-0.15, -0.1) is 21.5 Å². The zero-order valence-electron chi connectivity index (χ0n) is 12.7. The molecule has 0 aliphatic carbocycles. The summed E-state index contributed by atoms with van der Waals surface area (Å²) >= 11 is 3.39. The summed E-state index contributed by atoms with van der Waals surface area (Å²) in [4.78, 5) is 9.74. The first kappa shape index (κ1) is 13.8. The van der Waals surface area contributed by atoms with E-state index in [-0.39, 0.29) is 0 Å². The van der Waals surface area contributed by atoms with Crippen molar-refractivity contribution in [3.63, 3.8) is 0 Å². The maximum atomic E-state index is 4.71. The Bertz CT molecular complexity index is 801. The number of hydrogen-bond donors (Lipinski definition) is 0. The second-order valence-electron chi connectivity index (χ2n) is 6.14. The van der Waals surface area contributed by atoms with Gasteiger partial charge in [0.2, 0.25) is 5.13 Å². The molecule has 0 spiro atoms. The molecule has 3 saturated heterocycles. The molecule has 0 radical (unpaired) electrons. The highest BCUT2D eigenvalue weighted by atomic mass is 32.1. The molecule has 5 heterocycles. The van der Waals surface area contributed by atoms with E-state index in [0.29, 0.717) is 6.04 Å². The van der Waals surface area contributed by atoms with Gasteiger partial charge in [-0.2, -0.15) is 0 Å². The molecule has 3 aromatic rings. The van der Waals surface area contributed by atoms with E-state index in [1.54, 1.807) is 22.7 Å². The van der Waals surface area contributed by atoms with Gasteiger partial charge in [-0.3, -0.25) is 0 Å². The Hall–Kier alpha value is -1.57. The van der Waals surface area contributed by atoms with Gasteiger partial charge >= 0.3 is 0 Å². The Morgan fingerprint density at radius 3 is 2.65 bits per heavy atom. The molecule has 7 heteroatoms. The molecular formula is C16H17N5S2. The number of nitrogens with zero attached hydrogens (tertiary/aromatic N) is 5. The third kappa shape index (κ3) is 2.43. The molecule has 5 nitrogen and oxygen atoms in total. The molecule has 118 valence electrons. The highest BCUT2D eigenvalue weighted by Crippen LogP contribution is 2.36. The van der Waals surface area contributed by atoms with Crippen molar-refractivity contribution in [2.75, 3.05) is 31.1 Å². The zero-order valence-corrected chi connectivity index (χ0v) is 14.3. The number of thiazole rings is 1. The lowest BCUT2D eigenvalue weighted by molar-refractivity contribution is 0.250. The molecule has 2 bridgehead atoms. The van der Waals surface area contributed by atoms with Gasteiger partial charge in [0, 0.05) is 32.2 Å². The molecule has 3 aliphatic rings. The molecule has 0 atom stereocenters. The normalized spacial score (nSPS) is 24.3. The molecule has 0 amide bonds. The predicted octanol–water partition coefficient (Wildman–Crippen LogP) is 3.10. The largest absolute Gasteiger partial charge is 0.342 e. The van der Waals surface area contributed by atoms with Crippen molar-refractivity contribution in [3.8, 4) is 10.0 Å². The number of piperidine rings is 1. The maximum absolute atomic E-state index is 4.71. The standard InChI is InChI=1S/C16H17N5S2/c1-2-4-13-12(3-1)17-14(22-13)15-18-19-16(23-15)21-10-9-20-7-5-11(21)6-8-20/h1-4,11H,5-10H2. The van der Waals surface area contributed by atoms with Crippen LogP contribution in [0.2, 0.25) is 0 Å². The fourth-order valence-corrected chi connectivity index (χ4v) is 5.44. The van der Waals surface area contributed by atoms with Crippen molar-refractivity contribution in [1.29, 1.82) is 0 Å². The van der Waals surface area contributed by atoms with Crippen LogP contribution in [0.5, 0.6) is 0 Å². The van der Waals surface area contributed by atoms with Crippen LogP contribution in [-0.2, 0) is 0 Å². The number of para-hydroxylation sites is 1. The summed E-state index contributed by atoms with van der Waals surface area (Å²) in [6.45, 7) is 4.67. The molecule has 3 aliphatic heterocycles. The fourth-order valence-electron chi connectivity index (χ4n) is 3.52. The quantitative estimate of drug-likeness (QED) is 0.715. The van der Waals surface area contributed by atoms with E-state index in [2.05, 4.69) is 38.2 Å². The first-order chi connectivity index (χ1) is 11.4. The Morgan fingerprint density at radius 1 is 0.913 bits per heavy atom. The van der Waals surface area contributed by atoms with E-state index in [1.165, 1.54) is 30.6 Å². The van der Waals surface area contributed by atoms with Gasteiger partial charge in [-0.25, -0.2) is 4.98 Å². The number of hydrogen-bond acceptors (Lipinski definition) is 7. The zero-order chi connectivity index (χ0) is 15.2. The lowest BCUT2D eigenvalue weighted by Gasteiger charge is -2.30. The van der Waals surface area contributed by atoms with Crippen molar-refractivity contribution >= 4 is 38.0 Å². The van der Waals surface area contributed by atoms with Crippen molar-refractivity contribution in [1.82, 2.24) is 20.1 Å². The van der Waals surface area contributed by atoms with E-state index in [1.807, 2.05) is 6.07 Å². The Kier molecular flexibility index (Phi) is 3.31. The third-order valence-corrected chi connectivity index (χ3v) is 6.93. The number of rotatable bonds is 2. The highest BCUT2D eigenvalue weighted by molar-refractivity contribution is 7.26. The van der Waals surface area contributed by atoms with E-state index >= 15 is 0 Å². The van der Waals surface area contributed by atoms with Crippen LogP contribution in [-0.4, -0.2) is 52.3 Å². The number of aromatic nitrogens is 3. The van der Waals surface area contributed by atoms with Crippen LogP contribution in [0.15, 0.2) is 24.3 Å². The van der Waals surface area contributed by atoms with Gasteiger partial charge in [-0.05, 0) is 25.0 Å². The molecule has 0 unspecified atom stereocenters. The SMILES string of the molecule is c1ccc2sc(-c3nnc(N4CCN5CCC4CC5)s3)nc2c1. The third-order valence-electron chi connectivity index (χ3n) is 4.79. The number of benzene rings is 1. The smallest absolute Gasteiger partial charge is 0.208 e. The van der Waals surface area contributed by atoms with Crippen LogP contribution in [0.1, 0.15) is 12.8 Å². The number of anilines is 1.